The number of nitrogens with zero attached hydrogens (tertiary/aromatic N) is 2. The summed E-state index contributed by atoms with van der Waals surface area (Å²) in [5.41, 5.74) is 2.34. The van der Waals surface area contributed by atoms with E-state index in [1.165, 1.54) is 21.7 Å². The van der Waals surface area contributed by atoms with Crippen molar-refractivity contribution in [2.24, 2.45) is 0 Å². The molecule has 0 amide bonds. The molecular weight excluding hydrogens is 383 g/mol. The van der Waals surface area contributed by atoms with E-state index in [-0.39, 0.29) is 24.0 Å². The van der Waals surface area contributed by atoms with Gasteiger partial charge in [-0.3, -0.25) is 4.98 Å². The van der Waals surface area contributed by atoms with E-state index in [0.717, 1.165) is 12.1 Å². The van der Waals surface area contributed by atoms with Crippen molar-refractivity contribution in [2.45, 2.75) is 6.54 Å². The van der Waals surface area contributed by atoms with Crippen LogP contribution in [-0.2, 0) is 6.54 Å². The summed E-state index contributed by atoms with van der Waals surface area (Å²) in [6, 6.07) is 21.0. The van der Waals surface area contributed by atoms with E-state index in [1.54, 1.807) is 0 Å². The molecule has 2 aromatic carbocycles. The summed E-state index contributed by atoms with van der Waals surface area (Å²) in [6.07, 6.45) is 6.22. The molecule has 22 heavy (non-hydrogen) atoms. The Hall–Kier alpha value is -2.01. The van der Waals surface area contributed by atoms with Crippen LogP contribution in [0.25, 0.3) is 21.7 Å². The van der Waals surface area contributed by atoms with E-state index >= 15 is 0 Å². The number of benzene rings is 2. The second kappa shape index (κ2) is 6.40. The molecule has 0 aliphatic carbocycles. The van der Waals surface area contributed by atoms with Crippen LogP contribution in [0.2, 0.25) is 0 Å². The summed E-state index contributed by atoms with van der Waals surface area (Å²) in [4.78, 5) is 4.42. The number of aromatic nitrogens is 2. The maximum absolute atomic E-state index is 4.42. The van der Waals surface area contributed by atoms with Crippen molar-refractivity contribution in [1.82, 2.24) is 4.98 Å². The molecule has 0 spiro atoms. The van der Waals surface area contributed by atoms with Crippen LogP contribution in [0.4, 0.5) is 0 Å². The number of hydrogen-bond acceptors (Lipinski definition) is 1. The van der Waals surface area contributed by atoms with Crippen molar-refractivity contribution in [2.75, 3.05) is 0 Å². The summed E-state index contributed by atoms with van der Waals surface area (Å²) in [5.74, 6) is 0. The molecule has 0 radical (unpaired) electrons. The standard InChI is InChI=1S/C19H15N2.HI/c1-2-6-16-13-21(12-10-15(16)5-1)14-17-9-11-20-19-8-4-3-7-18(17)19;/h1-13H,14H2;1H/q+1;/p-1. The molecule has 0 saturated carbocycles. The SMILES string of the molecule is [I-].c1ccc2c[n+](Cc3ccnc4ccccc34)ccc2c1. The molecule has 4 aromatic rings. The second-order valence-corrected chi connectivity index (χ2v) is 5.23. The lowest BCUT2D eigenvalue weighted by Crippen LogP contribution is -3.00. The first-order valence-corrected chi connectivity index (χ1v) is 7.11. The number of fused-ring (bicyclic) bond motifs is 2. The average molecular weight is 398 g/mol. The monoisotopic (exact) mass is 398 g/mol. The van der Waals surface area contributed by atoms with Crippen LogP contribution >= 0.6 is 0 Å². The number of pyridine rings is 2. The number of rotatable bonds is 2. The highest BCUT2D eigenvalue weighted by Crippen LogP contribution is 2.16. The van der Waals surface area contributed by atoms with Crippen molar-refractivity contribution in [3.05, 3.63) is 84.8 Å². The number of halogens is 1. The van der Waals surface area contributed by atoms with E-state index in [2.05, 4.69) is 76.5 Å². The maximum Gasteiger partial charge on any atom is 0.176 e. The zero-order valence-electron chi connectivity index (χ0n) is 12.0. The summed E-state index contributed by atoms with van der Waals surface area (Å²) in [5, 5.41) is 3.76. The predicted molar refractivity (Wildman–Crippen MR) is 85.0 cm³/mol. The van der Waals surface area contributed by atoms with Crippen LogP contribution in [0, 0.1) is 0 Å². The van der Waals surface area contributed by atoms with Gasteiger partial charge in [0.2, 0.25) is 0 Å². The highest BCUT2D eigenvalue weighted by Gasteiger charge is 2.08. The molecular formula is C19H15IN2. The molecule has 0 N–H and O–H groups in total. The molecule has 4 rings (SSSR count). The van der Waals surface area contributed by atoms with Crippen molar-refractivity contribution in [3.8, 4) is 0 Å². The first-order valence-electron chi connectivity index (χ1n) is 7.11. The van der Waals surface area contributed by atoms with E-state index in [0.29, 0.717) is 0 Å². The van der Waals surface area contributed by atoms with E-state index < -0.39 is 0 Å². The smallest absolute Gasteiger partial charge is 0.176 e. The lowest BCUT2D eigenvalue weighted by Gasteiger charge is -2.03. The number of hydrogen-bond donors (Lipinski definition) is 0. The van der Waals surface area contributed by atoms with Gasteiger partial charge in [-0.15, -0.1) is 0 Å². The van der Waals surface area contributed by atoms with Gasteiger partial charge in [0.15, 0.2) is 18.9 Å². The molecule has 2 nitrogen and oxygen atoms in total. The van der Waals surface area contributed by atoms with E-state index in [9.17, 15) is 0 Å². The van der Waals surface area contributed by atoms with Crippen molar-refractivity contribution in [1.29, 1.82) is 0 Å². The van der Waals surface area contributed by atoms with E-state index in [4.69, 9.17) is 0 Å². The Morgan fingerprint density at radius 2 is 1.59 bits per heavy atom. The fourth-order valence-corrected chi connectivity index (χ4v) is 2.77. The molecule has 0 unspecified atom stereocenters. The van der Waals surface area contributed by atoms with Crippen LogP contribution in [0.5, 0.6) is 0 Å². The summed E-state index contributed by atoms with van der Waals surface area (Å²) < 4.78 is 2.23. The third kappa shape index (κ3) is 2.81. The Kier molecular flexibility index (Phi) is 4.34. The van der Waals surface area contributed by atoms with Crippen LogP contribution in [0.1, 0.15) is 5.56 Å². The zero-order valence-corrected chi connectivity index (χ0v) is 14.1. The lowest BCUT2D eigenvalue weighted by molar-refractivity contribution is -0.686. The first kappa shape index (κ1) is 14.9. The molecule has 0 aliphatic heterocycles. The molecule has 3 heteroatoms. The van der Waals surface area contributed by atoms with Gasteiger partial charge in [0.25, 0.3) is 0 Å². The first-order chi connectivity index (χ1) is 10.4. The highest BCUT2D eigenvalue weighted by atomic mass is 127. The van der Waals surface area contributed by atoms with Gasteiger partial charge in [0.1, 0.15) is 0 Å². The quantitative estimate of drug-likeness (QED) is 0.360. The van der Waals surface area contributed by atoms with Gasteiger partial charge in [-0.05, 0) is 23.6 Å². The number of para-hydroxylation sites is 1. The molecule has 0 atom stereocenters. The Balaban J connectivity index is 0.00000144. The average Bonchev–Trinajstić information content (AvgIpc) is 2.55. The summed E-state index contributed by atoms with van der Waals surface area (Å²) in [7, 11) is 0. The summed E-state index contributed by atoms with van der Waals surface area (Å²) in [6.45, 7) is 0.855. The van der Waals surface area contributed by atoms with Crippen molar-refractivity contribution >= 4 is 21.7 Å². The molecule has 2 heterocycles. The molecule has 2 aromatic heterocycles. The third-order valence-corrected chi connectivity index (χ3v) is 3.84. The minimum Gasteiger partial charge on any atom is -1.00 e. The highest BCUT2D eigenvalue weighted by molar-refractivity contribution is 5.82. The van der Waals surface area contributed by atoms with E-state index in [1.807, 2.05) is 12.3 Å². The Morgan fingerprint density at radius 1 is 0.818 bits per heavy atom. The van der Waals surface area contributed by atoms with Gasteiger partial charge in [-0.25, -0.2) is 4.57 Å². The minimum absolute atomic E-state index is 0. The fourth-order valence-electron chi connectivity index (χ4n) is 2.77. The van der Waals surface area contributed by atoms with Gasteiger partial charge < -0.3 is 24.0 Å². The van der Waals surface area contributed by atoms with Gasteiger partial charge in [0, 0.05) is 28.6 Å². The predicted octanol–water partition coefficient (Wildman–Crippen LogP) is 0.728. The van der Waals surface area contributed by atoms with Crippen LogP contribution < -0.4 is 28.5 Å². The van der Waals surface area contributed by atoms with Gasteiger partial charge in [-0.1, -0.05) is 36.4 Å². The van der Waals surface area contributed by atoms with Gasteiger partial charge in [-0.2, -0.15) is 0 Å². The van der Waals surface area contributed by atoms with Gasteiger partial charge >= 0.3 is 0 Å². The fraction of sp³-hybridized carbons (Fsp3) is 0.0526. The Bertz CT molecular complexity index is 929. The van der Waals surface area contributed by atoms with Gasteiger partial charge in [0.05, 0.1) is 5.52 Å². The Labute approximate surface area is 146 Å². The summed E-state index contributed by atoms with van der Waals surface area (Å²) >= 11 is 0. The lowest BCUT2D eigenvalue weighted by atomic mass is 10.1. The van der Waals surface area contributed by atoms with Crippen LogP contribution in [0.15, 0.2) is 79.3 Å². The molecule has 0 saturated heterocycles. The molecule has 0 bridgehead atoms. The maximum atomic E-state index is 4.42. The topological polar surface area (TPSA) is 16.8 Å². The van der Waals surface area contributed by atoms with Crippen LogP contribution in [-0.4, -0.2) is 4.98 Å². The molecule has 108 valence electrons. The zero-order chi connectivity index (χ0) is 14.1. The van der Waals surface area contributed by atoms with Crippen molar-refractivity contribution in [3.63, 3.8) is 0 Å². The normalized spacial score (nSPS) is 10.5. The largest absolute Gasteiger partial charge is 1.00 e. The minimum atomic E-state index is 0. The second-order valence-electron chi connectivity index (χ2n) is 5.23. The van der Waals surface area contributed by atoms with Crippen molar-refractivity contribution < 1.29 is 28.5 Å². The Morgan fingerprint density at radius 3 is 2.50 bits per heavy atom. The third-order valence-electron chi connectivity index (χ3n) is 3.84. The van der Waals surface area contributed by atoms with Crippen LogP contribution in [0.3, 0.4) is 0 Å². The molecule has 0 aliphatic rings. The molecule has 0 fully saturated rings.